The van der Waals surface area contributed by atoms with Crippen molar-refractivity contribution in [3.05, 3.63) is 30.1 Å². The number of aryl methyl sites for hydroxylation is 1. The van der Waals surface area contributed by atoms with Gasteiger partial charge < -0.3 is 5.21 Å². The molecule has 58 valence electrons. The lowest BCUT2D eigenvalue weighted by Crippen LogP contribution is -2.36. The number of nitrogens with zero attached hydrogens (tertiary/aromatic N) is 2. The Hall–Kier alpha value is -1.38. The monoisotopic (exact) mass is 151 g/mol. The summed E-state index contributed by atoms with van der Waals surface area (Å²) in [7, 11) is 0. The van der Waals surface area contributed by atoms with Gasteiger partial charge in [-0.25, -0.2) is 0 Å². The van der Waals surface area contributed by atoms with Crippen molar-refractivity contribution in [2.75, 3.05) is 0 Å². The van der Waals surface area contributed by atoms with Crippen LogP contribution in [0.1, 0.15) is 12.6 Å². The zero-order chi connectivity index (χ0) is 8.10. The summed E-state index contributed by atoms with van der Waals surface area (Å²) in [6.07, 6.45) is 3.36. The number of aromatic nitrogens is 1. The molecule has 0 bridgehead atoms. The lowest BCUT2D eigenvalue weighted by molar-refractivity contribution is -0.694. The van der Waals surface area contributed by atoms with E-state index in [2.05, 4.69) is 5.16 Å². The molecule has 1 heterocycles. The Bertz CT molecular complexity index is 258. The van der Waals surface area contributed by atoms with Crippen LogP contribution in [0, 0.1) is 0 Å². The predicted molar refractivity (Wildman–Crippen MR) is 41.7 cm³/mol. The lowest BCUT2D eigenvalue weighted by atomic mass is 10.3. The minimum atomic E-state index is 0.877. The molecular weight excluding hydrogens is 140 g/mol. The molecule has 0 aliphatic rings. The van der Waals surface area contributed by atoms with Crippen LogP contribution in [0.15, 0.2) is 29.6 Å². The molecule has 0 saturated heterocycles. The standard InChI is InChI=1S/C8H10N2O/c1-2-10-6-4-3-5-8(10)7-9-11/h3-7H,2H2,1H3/p+1. The van der Waals surface area contributed by atoms with E-state index in [-0.39, 0.29) is 0 Å². The largest absolute Gasteiger partial charge is 0.411 e. The third-order valence-corrected chi connectivity index (χ3v) is 1.51. The Morgan fingerprint density at radius 2 is 2.45 bits per heavy atom. The van der Waals surface area contributed by atoms with Gasteiger partial charge in [-0.2, -0.15) is 4.57 Å². The zero-order valence-corrected chi connectivity index (χ0v) is 6.44. The Morgan fingerprint density at radius 3 is 3.09 bits per heavy atom. The second-order valence-corrected chi connectivity index (χ2v) is 2.16. The fourth-order valence-corrected chi connectivity index (χ4v) is 0.954. The van der Waals surface area contributed by atoms with E-state index in [1.54, 1.807) is 0 Å². The molecule has 0 amide bonds. The summed E-state index contributed by atoms with van der Waals surface area (Å²) >= 11 is 0. The SMILES string of the molecule is CC[n+]1ccccc1/C=N/O. The molecule has 3 heteroatoms. The molecule has 0 fully saturated rings. The third-order valence-electron chi connectivity index (χ3n) is 1.51. The zero-order valence-electron chi connectivity index (χ0n) is 6.44. The first kappa shape index (κ1) is 7.72. The van der Waals surface area contributed by atoms with Crippen LogP contribution in [0.25, 0.3) is 0 Å². The molecule has 0 spiro atoms. The first-order chi connectivity index (χ1) is 5.38. The van der Waals surface area contributed by atoms with E-state index >= 15 is 0 Å². The van der Waals surface area contributed by atoms with Crippen LogP contribution in [-0.4, -0.2) is 11.4 Å². The summed E-state index contributed by atoms with van der Waals surface area (Å²) in [5, 5.41) is 11.3. The van der Waals surface area contributed by atoms with Gasteiger partial charge in [-0.15, -0.1) is 0 Å². The minimum absolute atomic E-state index is 0.877. The first-order valence-corrected chi connectivity index (χ1v) is 3.54. The molecule has 0 saturated carbocycles. The van der Waals surface area contributed by atoms with Gasteiger partial charge in [-0.05, 0) is 13.0 Å². The van der Waals surface area contributed by atoms with Crippen LogP contribution in [0.5, 0.6) is 0 Å². The Morgan fingerprint density at radius 1 is 1.64 bits per heavy atom. The molecule has 0 aliphatic carbocycles. The van der Waals surface area contributed by atoms with E-state index in [1.165, 1.54) is 6.21 Å². The number of rotatable bonds is 2. The van der Waals surface area contributed by atoms with Gasteiger partial charge in [0.25, 0.3) is 0 Å². The lowest BCUT2D eigenvalue weighted by Gasteiger charge is -1.93. The van der Waals surface area contributed by atoms with Crippen LogP contribution < -0.4 is 4.57 Å². The van der Waals surface area contributed by atoms with E-state index in [0.717, 1.165) is 12.2 Å². The van der Waals surface area contributed by atoms with Gasteiger partial charge in [0.2, 0.25) is 5.69 Å². The molecule has 11 heavy (non-hydrogen) atoms. The molecule has 0 unspecified atom stereocenters. The van der Waals surface area contributed by atoms with Gasteiger partial charge in [0.15, 0.2) is 6.20 Å². The van der Waals surface area contributed by atoms with Crippen LogP contribution >= 0.6 is 0 Å². The van der Waals surface area contributed by atoms with E-state index in [4.69, 9.17) is 5.21 Å². The van der Waals surface area contributed by atoms with Gasteiger partial charge >= 0.3 is 0 Å². The molecule has 0 atom stereocenters. The highest BCUT2D eigenvalue weighted by molar-refractivity contribution is 5.74. The van der Waals surface area contributed by atoms with Crippen molar-refractivity contribution < 1.29 is 9.77 Å². The number of pyridine rings is 1. The molecule has 0 aliphatic heterocycles. The fraction of sp³-hybridized carbons (Fsp3) is 0.250. The average Bonchev–Trinajstić information content (AvgIpc) is 2.06. The van der Waals surface area contributed by atoms with Crippen LogP contribution in [0.4, 0.5) is 0 Å². The van der Waals surface area contributed by atoms with Crippen molar-refractivity contribution in [1.82, 2.24) is 0 Å². The third kappa shape index (κ3) is 1.77. The van der Waals surface area contributed by atoms with Crippen LogP contribution in [0.3, 0.4) is 0 Å². The first-order valence-electron chi connectivity index (χ1n) is 3.54. The van der Waals surface area contributed by atoms with Crippen LogP contribution in [-0.2, 0) is 6.54 Å². The summed E-state index contributed by atoms with van der Waals surface area (Å²) in [6.45, 7) is 2.91. The molecule has 1 rings (SSSR count). The van der Waals surface area contributed by atoms with Crippen molar-refractivity contribution in [3.63, 3.8) is 0 Å². The van der Waals surface area contributed by atoms with Crippen molar-refractivity contribution in [1.29, 1.82) is 0 Å². The highest BCUT2D eigenvalue weighted by Gasteiger charge is 2.02. The molecule has 1 aromatic rings. The molecule has 3 nitrogen and oxygen atoms in total. The second-order valence-electron chi connectivity index (χ2n) is 2.16. The minimum Gasteiger partial charge on any atom is -0.411 e. The van der Waals surface area contributed by atoms with Gasteiger partial charge in [0.05, 0.1) is 0 Å². The van der Waals surface area contributed by atoms with Gasteiger partial charge in [-0.3, -0.25) is 0 Å². The maximum atomic E-state index is 8.30. The number of hydrogen-bond acceptors (Lipinski definition) is 2. The molecule has 1 aromatic heterocycles. The summed E-state index contributed by atoms with van der Waals surface area (Å²) < 4.78 is 1.99. The Kier molecular flexibility index (Phi) is 2.60. The Balaban J connectivity index is 3.02. The number of oxime groups is 1. The molecule has 0 radical (unpaired) electrons. The smallest absolute Gasteiger partial charge is 0.227 e. The van der Waals surface area contributed by atoms with E-state index < -0.39 is 0 Å². The quantitative estimate of drug-likeness (QED) is 0.288. The average molecular weight is 151 g/mol. The predicted octanol–water partition coefficient (Wildman–Crippen LogP) is 0.802. The topological polar surface area (TPSA) is 36.5 Å². The van der Waals surface area contributed by atoms with Gasteiger partial charge in [0, 0.05) is 12.1 Å². The summed E-state index contributed by atoms with van der Waals surface area (Å²) in [5.41, 5.74) is 0.900. The van der Waals surface area contributed by atoms with Crippen LogP contribution in [0.2, 0.25) is 0 Å². The van der Waals surface area contributed by atoms with E-state index in [0.29, 0.717) is 0 Å². The highest BCUT2D eigenvalue weighted by atomic mass is 16.4. The summed E-state index contributed by atoms with van der Waals surface area (Å²) in [4.78, 5) is 0. The molecule has 1 N–H and O–H groups in total. The fourth-order valence-electron chi connectivity index (χ4n) is 0.954. The molecule has 0 aromatic carbocycles. The van der Waals surface area contributed by atoms with Crippen molar-refractivity contribution >= 4 is 6.21 Å². The Labute approximate surface area is 65.6 Å². The summed E-state index contributed by atoms with van der Waals surface area (Å²) in [5.74, 6) is 0. The highest BCUT2D eigenvalue weighted by Crippen LogP contribution is 1.86. The van der Waals surface area contributed by atoms with E-state index in [9.17, 15) is 0 Å². The van der Waals surface area contributed by atoms with Gasteiger partial charge in [0.1, 0.15) is 12.8 Å². The van der Waals surface area contributed by atoms with Crippen molar-refractivity contribution in [2.45, 2.75) is 13.5 Å². The van der Waals surface area contributed by atoms with E-state index in [1.807, 2.05) is 35.9 Å². The van der Waals surface area contributed by atoms with Crippen molar-refractivity contribution in [3.8, 4) is 0 Å². The summed E-state index contributed by atoms with van der Waals surface area (Å²) in [6, 6.07) is 5.74. The second kappa shape index (κ2) is 3.71. The molecular formula is C8H11N2O+. The normalized spacial score (nSPS) is 10.6. The number of hydrogen-bond donors (Lipinski definition) is 1. The van der Waals surface area contributed by atoms with Crippen molar-refractivity contribution in [2.24, 2.45) is 5.16 Å². The van der Waals surface area contributed by atoms with Gasteiger partial charge in [-0.1, -0.05) is 5.16 Å². The maximum Gasteiger partial charge on any atom is 0.227 e. The maximum absolute atomic E-state index is 8.30.